The molecule has 2 unspecified atom stereocenters. The quantitative estimate of drug-likeness (QED) is 0.324. The van der Waals surface area contributed by atoms with Gasteiger partial charge < -0.3 is 9.64 Å². The second kappa shape index (κ2) is 10.3. The number of carbonyl (C=O) groups excluding carboxylic acids is 1. The van der Waals surface area contributed by atoms with Crippen molar-refractivity contribution in [3.05, 3.63) is 60.8 Å². The van der Waals surface area contributed by atoms with Crippen LogP contribution in [0.2, 0.25) is 25.1 Å². The van der Waals surface area contributed by atoms with Crippen molar-refractivity contribution < 1.29 is 13.9 Å². The van der Waals surface area contributed by atoms with Gasteiger partial charge in [0.05, 0.1) is 15.1 Å². The van der Waals surface area contributed by atoms with Crippen LogP contribution in [-0.2, 0) is 11.3 Å². The van der Waals surface area contributed by atoms with Crippen LogP contribution in [0.25, 0.3) is 0 Å². The number of halogens is 6. The highest BCUT2D eigenvalue weighted by Crippen LogP contribution is 2.48. The minimum atomic E-state index is -0.275. The standard InChI is InChI=1S/C21H20Cl5FN2O2/c1-11-8-29(12(2)7-28(11)9-13-3-5-14(27)6-4-13)15(30)10-31-21-19(25)17(23)16(22)18(24)20(21)26/h3-6,11-12H,7-10H2,1-2H3. The van der Waals surface area contributed by atoms with Crippen molar-refractivity contribution in [1.29, 1.82) is 0 Å². The third kappa shape index (κ3) is 5.52. The predicted molar refractivity (Wildman–Crippen MR) is 124 cm³/mol. The Kier molecular flexibility index (Phi) is 8.22. The highest BCUT2D eigenvalue weighted by molar-refractivity contribution is 6.55. The summed E-state index contributed by atoms with van der Waals surface area (Å²) in [6, 6.07) is 6.51. The van der Waals surface area contributed by atoms with Crippen molar-refractivity contribution in [3.8, 4) is 5.75 Å². The number of rotatable bonds is 5. The highest BCUT2D eigenvalue weighted by atomic mass is 35.5. The Morgan fingerprint density at radius 2 is 1.48 bits per heavy atom. The first kappa shape index (κ1) is 24.7. The van der Waals surface area contributed by atoms with Crippen LogP contribution in [0, 0.1) is 5.82 Å². The maximum Gasteiger partial charge on any atom is 0.260 e. The number of piperazine rings is 1. The normalized spacial score (nSPS) is 19.5. The molecule has 1 aliphatic rings. The topological polar surface area (TPSA) is 32.8 Å². The molecule has 0 aliphatic carbocycles. The minimum absolute atomic E-state index is 0.000555. The van der Waals surface area contributed by atoms with Gasteiger partial charge in [0.15, 0.2) is 12.4 Å². The van der Waals surface area contributed by atoms with E-state index in [1.54, 1.807) is 17.0 Å². The van der Waals surface area contributed by atoms with E-state index in [9.17, 15) is 9.18 Å². The number of benzene rings is 2. The molecule has 0 aromatic heterocycles. The third-order valence-electron chi connectivity index (χ3n) is 5.24. The average Bonchev–Trinajstić information content (AvgIpc) is 2.74. The lowest BCUT2D eigenvalue weighted by Crippen LogP contribution is -2.58. The van der Waals surface area contributed by atoms with E-state index in [1.807, 2.05) is 13.8 Å². The lowest BCUT2D eigenvalue weighted by molar-refractivity contribution is -0.139. The van der Waals surface area contributed by atoms with E-state index in [4.69, 9.17) is 62.7 Å². The van der Waals surface area contributed by atoms with Gasteiger partial charge in [-0.25, -0.2) is 4.39 Å². The smallest absolute Gasteiger partial charge is 0.260 e. The first-order valence-electron chi connectivity index (χ1n) is 9.52. The van der Waals surface area contributed by atoms with Crippen LogP contribution >= 0.6 is 58.0 Å². The SMILES string of the molecule is CC1CN(C(=O)COc2c(Cl)c(Cl)c(Cl)c(Cl)c2Cl)C(C)CN1Cc1ccc(F)cc1. The van der Waals surface area contributed by atoms with Crippen LogP contribution in [0.5, 0.6) is 5.75 Å². The van der Waals surface area contributed by atoms with Gasteiger partial charge in [-0.2, -0.15) is 0 Å². The zero-order valence-corrected chi connectivity index (χ0v) is 20.6. The van der Waals surface area contributed by atoms with Crippen LogP contribution in [0.3, 0.4) is 0 Å². The van der Waals surface area contributed by atoms with E-state index >= 15 is 0 Å². The van der Waals surface area contributed by atoms with Crippen LogP contribution in [-0.4, -0.2) is 47.5 Å². The molecule has 168 valence electrons. The van der Waals surface area contributed by atoms with Gasteiger partial charge in [0.1, 0.15) is 15.9 Å². The summed E-state index contributed by atoms with van der Waals surface area (Å²) in [7, 11) is 0. The van der Waals surface area contributed by atoms with Crippen molar-refractivity contribution >= 4 is 63.9 Å². The molecule has 3 rings (SSSR count). The number of carbonyl (C=O) groups is 1. The monoisotopic (exact) mass is 526 g/mol. The summed E-state index contributed by atoms with van der Waals surface area (Å²) < 4.78 is 18.7. The average molecular weight is 529 g/mol. The molecule has 0 N–H and O–H groups in total. The molecule has 1 heterocycles. The van der Waals surface area contributed by atoms with Gasteiger partial charge in [-0.05, 0) is 31.5 Å². The molecule has 0 saturated carbocycles. The molecule has 2 aromatic rings. The summed E-state index contributed by atoms with van der Waals surface area (Å²) in [4.78, 5) is 16.9. The zero-order valence-electron chi connectivity index (χ0n) is 16.8. The lowest BCUT2D eigenvalue weighted by Gasteiger charge is -2.44. The van der Waals surface area contributed by atoms with Crippen molar-refractivity contribution in [2.45, 2.75) is 32.5 Å². The molecular formula is C21H20Cl5FN2O2. The summed E-state index contributed by atoms with van der Waals surface area (Å²) in [5.41, 5.74) is 1.02. The first-order valence-corrected chi connectivity index (χ1v) is 11.4. The largest absolute Gasteiger partial charge is 0.481 e. The molecule has 2 aromatic carbocycles. The number of ether oxygens (including phenoxy) is 1. The number of hydrogen-bond donors (Lipinski definition) is 0. The van der Waals surface area contributed by atoms with Crippen LogP contribution < -0.4 is 4.74 Å². The van der Waals surface area contributed by atoms with E-state index in [0.29, 0.717) is 19.6 Å². The maximum absolute atomic E-state index is 13.1. The molecule has 0 radical (unpaired) electrons. The Morgan fingerprint density at radius 3 is 2.06 bits per heavy atom. The Bertz CT molecular complexity index is 944. The van der Waals surface area contributed by atoms with Gasteiger partial charge in [-0.3, -0.25) is 9.69 Å². The van der Waals surface area contributed by atoms with Crippen molar-refractivity contribution in [1.82, 2.24) is 9.80 Å². The Morgan fingerprint density at radius 1 is 0.935 bits per heavy atom. The Hall–Kier alpha value is -0.950. The molecule has 10 heteroatoms. The van der Waals surface area contributed by atoms with Gasteiger partial charge in [-0.15, -0.1) is 0 Å². The summed E-state index contributed by atoms with van der Waals surface area (Å²) in [6.07, 6.45) is 0. The molecule has 1 saturated heterocycles. The second-order valence-corrected chi connectivity index (χ2v) is 9.38. The van der Waals surface area contributed by atoms with Gasteiger partial charge in [0.2, 0.25) is 0 Å². The van der Waals surface area contributed by atoms with Crippen molar-refractivity contribution in [2.75, 3.05) is 19.7 Å². The molecule has 2 atom stereocenters. The number of amides is 1. The molecule has 31 heavy (non-hydrogen) atoms. The molecule has 4 nitrogen and oxygen atoms in total. The predicted octanol–water partition coefficient (Wildman–Crippen LogP) is 6.59. The highest BCUT2D eigenvalue weighted by Gasteiger charge is 2.32. The Labute approximate surface area is 205 Å². The van der Waals surface area contributed by atoms with Crippen LogP contribution in [0.1, 0.15) is 19.4 Å². The van der Waals surface area contributed by atoms with Crippen LogP contribution in [0.15, 0.2) is 24.3 Å². The van der Waals surface area contributed by atoms with Crippen molar-refractivity contribution in [2.24, 2.45) is 0 Å². The third-order valence-corrected chi connectivity index (χ3v) is 7.49. The fourth-order valence-corrected chi connectivity index (χ4v) is 4.75. The fourth-order valence-electron chi connectivity index (χ4n) is 3.52. The second-order valence-electron chi connectivity index (χ2n) is 7.49. The first-order chi connectivity index (χ1) is 14.6. The van der Waals surface area contributed by atoms with Gasteiger partial charge in [0, 0.05) is 31.7 Å². The molecule has 1 aliphatic heterocycles. The van der Waals surface area contributed by atoms with E-state index < -0.39 is 0 Å². The van der Waals surface area contributed by atoms with Gasteiger partial charge in [-0.1, -0.05) is 70.1 Å². The summed E-state index contributed by atoms with van der Waals surface area (Å²) in [6.45, 7) is 5.61. The van der Waals surface area contributed by atoms with Crippen LogP contribution in [0.4, 0.5) is 4.39 Å². The van der Waals surface area contributed by atoms with E-state index in [-0.39, 0.29) is 61.3 Å². The van der Waals surface area contributed by atoms with Gasteiger partial charge >= 0.3 is 0 Å². The number of nitrogens with zero attached hydrogens (tertiary/aromatic N) is 2. The van der Waals surface area contributed by atoms with Gasteiger partial charge in [0.25, 0.3) is 5.91 Å². The fraction of sp³-hybridized carbons (Fsp3) is 0.381. The molecule has 1 fully saturated rings. The Balaban J connectivity index is 1.64. The lowest BCUT2D eigenvalue weighted by atomic mass is 10.1. The van der Waals surface area contributed by atoms with E-state index in [0.717, 1.165) is 5.56 Å². The zero-order chi connectivity index (χ0) is 22.9. The summed E-state index contributed by atoms with van der Waals surface area (Å²) in [5, 5.41) is 0.0451. The van der Waals surface area contributed by atoms with Crippen molar-refractivity contribution in [3.63, 3.8) is 0 Å². The molecular weight excluding hydrogens is 509 g/mol. The van der Waals surface area contributed by atoms with E-state index in [2.05, 4.69) is 4.90 Å². The molecule has 0 spiro atoms. The summed E-state index contributed by atoms with van der Waals surface area (Å²) >= 11 is 30.4. The molecule has 0 bridgehead atoms. The maximum atomic E-state index is 13.1. The minimum Gasteiger partial charge on any atom is -0.481 e. The molecule has 1 amide bonds. The number of hydrogen-bond acceptors (Lipinski definition) is 3. The van der Waals surface area contributed by atoms with E-state index in [1.165, 1.54) is 12.1 Å². The summed E-state index contributed by atoms with van der Waals surface area (Å²) in [5.74, 6) is -0.453.